The molecule has 0 rings (SSSR count). The van der Waals surface area contributed by atoms with Crippen LogP contribution in [-0.2, 0) is 19.2 Å². The standard InChI is InChI=1S/C14H24N2O8/c15-8(9(16)4-10(17)18)2-1-3-14(5-11(19)20,6-12(21)22)7-13(23)24/h8-9H,1-7,15-16H2,(H,17,18)(H,19,20)(H,21,22)(H,23,24). The largest absolute Gasteiger partial charge is 0.481 e. The first kappa shape index (κ1) is 21.8. The summed E-state index contributed by atoms with van der Waals surface area (Å²) in [6, 6.07) is -1.46. The molecule has 2 unspecified atom stereocenters. The number of nitrogens with two attached hydrogens (primary N) is 2. The fourth-order valence-electron chi connectivity index (χ4n) is 2.69. The number of carboxylic acids is 4. The summed E-state index contributed by atoms with van der Waals surface area (Å²) in [5.41, 5.74) is 9.95. The lowest BCUT2D eigenvalue weighted by atomic mass is 9.73. The highest BCUT2D eigenvalue weighted by molar-refractivity contribution is 5.75. The molecule has 0 saturated heterocycles. The predicted octanol–water partition coefficient (Wildman–Crippen LogP) is -0.303. The summed E-state index contributed by atoms with van der Waals surface area (Å²) < 4.78 is 0. The predicted molar refractivity (Wildman–Crippen MR) is 81.2 cm³/mol. The molecule has 0 aliphatic carbocycles. The minimum atomic E-state index is -1.43. The molecule has 0 spiro atoms. The highest BCUT2D eigenvalue weighted by Gasteiger charge is 2.37. The summed E-state index contributed by atoms with van der Waals surface area (Å²) in [6.45, 7) is 0. The number of rotatable bonds is 13. The zero-order valence-electron chi connectivity index (χ0n) is 13.2. The maximum absolute atomic E-state index is 11.0. The first-order valence-corrected chi connectivity index (χ1v) is 7.36. The van der Waals surface area contributed by atoms with Gasteiger partial charge in [0, 0.05) is 17.5 Å². The summed E-state index contributed by atoms with van der Waals surface area (Å²) >= 11 is 0. The van der Waals surface area contributed by atoms with Crippen molar-refractivity contribution in [3.05, 3.63) is 0 Å². The maximum Gasteiger partial charge on any atom is 0.304 e. The van der Waals surface area contributed by atoms with Crippen molar-refractivity contribution in [2.75, 3.05) is 0 Å². The minimum Gasteiger partial charge on any atom is -0.481 e. The monoisotopic (exact) mass is 348 g/mol. The van der Waals surface area contributed by atoms with Crippen molar-refractivity contribution in [3.63, 3.8) is 0 Å². The van der Waals surface area contributed by atoms with Gasteiger partial charge >= 0.3 is 23.9 Å². The summed E-state index contributed by atoms with van der Waals surface area (Å²) in [5.74, 6) is -4.96. The fourth-order valence-corrected chi connectivity index (χ4v) is 2.69. The van der Waals surface area contributed by atoms with E-state index in [2.05, 4.69) is 0 Å². The van der Waals surface area contributed by atoms with Gasteiger partial charge in [-0.1, -0.05) is 6.42 Å². The SMILES string of the molecule is NC(CCCC(CC(=O)O)(CC(=O)O)CC(=O)O)C(N)CC(=O)O. The van der Waals surface area contributed by atoms with E-state index in [0.29, 0.717) is 0 Å². The quantitative estimate of drug-likeness (QED) is 0.256. The first-order valence-electron chi connectivity index (χ1n) is 7.36. The van der Waals surface area contributed by atoms with E-state index >= 15 is 0 Å². The van der Waals surface area contributed by atoms with Gasteiger partial charge in [0.25, 0.3) is 0 Å². The normalized spacial score (nSPS) is 13.9. The molecular weight excluding hydrogens is 324 g/mol. The van der Waals surface area contributed by atoms with Gasteiger partial charge in [0.1, 0.15) is 0 Å². The molecule has 10 nitrogen and oxygen atoms in total. The van der Waals surface area contributed by atoms with Crippen molar-refractivity contribution in [3.8, 4) is 0 Å². The highest BCUT2D eigenvalue weighted by Crippen LogP contribution is 2.37. The molecule has 0 aromatic carbocycles. The third kappa shape index (κ3) is 9.06. The van der Waals surface area contributed by atoms with Gasteiger partial charge in [-0.3, -0.25) is 19.2 Å². The van der Waals surface area contributed by atoms with Gasteiger partial charge in [-0.15, -0.1) is 0 Å². The van der Waals surface area contributed by atoms with E-state index in [1.165, 1.54) is 0 Å². The van der Waals surface area contributed by atoms with Crippen molar-refractivity contribution in [2.24, 2.45) is 16.9 Å². The van der Waals surface area contributed by atoms with Crippen LogP contribution in [0.15, 0.2) is 0 Å². The highest BCUT2D eigenvalue weighted by atomic mass is 16.4. The second-order valence-corrected chi connectivity index (χ2v) is 6.03. The van der Waals surface area contributed by atoms with Crippen LogP contribution in [0.5, 0.6) is 0 Å². The molecule has 0 aliphatic rings. The number of hydrogen-bond donors (Lipinski definition) is 6. The Morgan fingerprint density at radius 1 is 0.750 bits per heavy atom. The molecule has 0 fully saturated rings. The Hall–Kier alpha value is -2.20. The molecule has 8 N–H and O–H groups in total. The lowest BCUT2D eigenvalue weighted by Gasteiger charge is -2.30. The number of carbonyl (C=O) groups is 4. The Kier molecular flexibility index (Phi) is 8.93. The summed E-state index contributed by atoms with van der Waals surface area (Å²) in [6.07, 6.45) is -1.62. The van der Waals surface area contributed by atoms with Crippen LogP contribution in [0.3, 0.4) is 0 Å². The van der Waals surface area contributed by atoms with Gasteiger partial charge in [0.2, 0.25) is 0 Å². The summed E-state index contributed by atoms with van der Waals surface area (Å²) in [4.78, 5) is 43.6. The zero-order valence-corrected chi connectivity index (χ0v) is 13.2. The molecule has 0 aromatic heterocycles. The van der Waals surface area contributed by atoms with Crippen LogP contribution in [0.4, 0.5) is 0 Å². The van der Waals surface area contributed by atoms with Crippen LogP contribution in [0.2, 0.25) is 0 Å². The van der Waals surface area contributed by atoms with E-state index < -0.39 is 60.6 Å². The van der Waals surface area contributed by atoms with Gasteiger partial charge in [0.05, 0.1) is 25.7 Å². The van der Waals surface area contributed by atoms with Gasteiger partial charge in [0.15, 0.2) is 0 Å². The minimum absolute atomic E-state index is 0.0192. The fraction of sp³-hybridized carbons (Fsp3) is 0.714. The summed E-state index contributed by atoms with van der Waals surface area (Å²) in [5, 5.41) is 35.6. The van der Waals surface area contributed by atoms with E-state index in [9.17, 15) is 19.2 Å². The van der Waals surface area contributed by atoms with Crippen molar-refractivity contribution >= 4 is 23.9 Å². The smallest absolute Gasteiger partial charge is 0.304 e. The van der Waals surface area contributed by atoms with E-state index in [0.717, 1.165) is 0 Å². The maximum atomic E-state index is 11.0. The van der Waals surface area contributed by atoms with Gasteiger partial charge in [-0.2, -0.15) is 0 Å². The Balaban J connectivity index is 4.91. The lowest BCUT2D eigenvalue weighted by Crippen LogP contribution is -2.43. The second-order valence-electron chi connectivity index (χ2n) is 6.03. The Morgan fingerprint density at radius 3 is 1.50 bits per heavy atom. The van der Waals surface area contributed by atoms with Crippen LogP contribution in [0, 0.1) is 5.41 Å². The van der Waals surface area contributed by atoms with Crippen molar-refractivity contribution < 1.29 is 39.6 Å². The average Bonchev–Trinajstić information content (AvgIpc) is 2.34. The molecule has 2 atom stereocenters. The molecule has 0 aromatic rings. The van der Waals surface area contributed by atoms with Crippen LogP contribution in [0.1, 0.15) is 44.9 Å². The third-order valence-corrected chi connectivity index (χ3v) is 3.78. The molecule has 0 heterocycles. The van der Waals surface area contributed by atoms with Crippen LogP contribution in [-0.4, -0.2) is 56.4 Å². The second kappa shape index (κ2) is 9.83. The number of aliphatic carboxylic acids is 4. The molecule has 0 saturated carbocycles. The molecule has 0 aliphatic heterocycles. The molecule has 0 radical (unpaired) electrons. The third-order valence-electron chi connectivity index (χ3n) is 3.78. The lowest BCUT2D eigenvalue weighted by molar-refractivity contribution is -0.148. The van der Waals surface area contributed by atoms with E-state index in [1.807, 2.05) is 0 Å². The Bertz CT molecular complexity index is 439. The van der Waals surface area contributed by atoms with E-state index in [1.54, 1.807) is 0 Å². The van der Waals surface area contributed by atoms with Crippen molar-refractivity contribution in [2.45, 2.75) is 57.0 Å². The summed E-state index contributed by atoms with van der Waals surface area (Å²) in [7, 11) is 0. The van der Waals surface area contributed by atoms with Gasteiger partial charge < -0.3 is 31.9 Å². The molecule has 0 bridgehead atoms. The zero-order chi connectivity index (χ0) is 18.9. The Labute approximate surface area is 138 Å². The van der Waals surface area contributed by atoms with Gasteiger partial charge in [-0.05, 0) is 12.8 Å². The van der Waals surface area contributed by atoms with Crippen LogP contribution in [0.25, 0.3) is 0 Å². The molecule has 0 amide bonds. The van der Waals surface area contributed by atoms with Crippen LogP contribution >= 0.6 is 0 Å². The number of hydrogen-bond acceptors (Lipinski definition) is 6. The van der Waals surface area contributed by atoms with Crippen molar-refractivity contribution in [1.29, 1.82) is 0 Å². The molecule has 24 heavy (non-hydrogen) atoms. The molecule has 138 valence electrons. The van der Waals surface area contributed by atoms with Crippen molar-refractivity contribution in [1.82, 2.24) is 0 Å². The molecular formula is C14H24N2O8. The van der Waals surface area contributed by atoms with E-state index in [4.69, 9.17) is 31.9 Å². The van der Waals surface area contributed by atoms with Crippen LogP contribution < -0.4 is 11.5 Å². The number of carboxylic acid groups (broad SMARTS) is 4. The Morgan fingerprint density at radius 2 is 1.17 bits per heavy atom. The van der Waals surface area contributed by atoms with Gasteiger partial charge in [-0.25, -0.2) is 0 Å². The first-order chi connectivity index (χ1) is 11.0. The topological polar surface area (TPSA) is 201 Å². The average molecular weight is 348 g/mol. The molecule has 10 heteroatoms. The van der Waals surface area contributed by atoms with E-state index in [-0.39, 0.29) is 25.7 Å².